The summed E-state index contributed by atoms with van der Waals surface area (Å²) in [7, 11) is -3.44. The summed E-state index contributed by atoms with van der Waals surface area (Å²) in [5.41, 5.74) is 0.579. The molecule has 1 fully saturated rings. The second-order valence-corrected chi connectivity index (χ2v) is 6.85. The standard InChI is InChI=1S/C13H17ClN2O3S/c14-9-1-2-13(17)15-10-5-7-12(8-6-10)20(18,19)16-11-3-4-11/h5-8,11,16H,1-4,9H2,(H,15,17). The van der Waals surface area contributed by atoms with E-state index >= 15 is 0 Å². The predicted octanol–water partition coefficient (Wildman–Crippen LogP) is 2.08. The first kappa shape index (κ1) is 15.3. The third-order valence-corrected chi connectivity index (χ3v) is 4.69. The molecule has 0 spiro atoms. The number of benzene rings is 1. The maximum Gasteiger partial charge on any atom is 0.240 e. The predicted molar refractivity (Wildman–Crippen MR) is 78.4 cm³/mol. The Hall–Kier alpha value is -1.11. The van der Waals surface area contributed by atoms with Crippen molar-refractivity contribution in [3.63, 3.8) is 0 Å². The van der Waals surface area contributed by atoms with Crippen LogP contribution in [0.25, 0.3) is 0 Å². The van der Waals surface area contributed by atoms with Gasteiger partial charge in [0.1, 0.15) is 0 Å². The molecule has 0 unspecified atom stereocenters. The van der Waals surface area contributed by atoms with Crippen LogP contribution in [0, 0.1) is 0 Å². The summed E-state index contributed by atoms with van der Waals surface area (Å²) in [6.45, 7) is 0. The van der Waals surface area contributed by atoms with Crippen LogP contribution in [0.4, 0.5) is 5.69 Å². The van der Waals surface area contributed by atoms with Gasteiger partial charge in [0.15, 0.2) is 0 Å². The summed E-state index contributed by atoms with van der Waals surface area (Å²) in [4.78, 5) is 11.7. The molecule has 5 nitrogen and oxygen atoms in total. The summed E-state index contributed by atoms with van der Waals surface area (Å²) in [5.74, 6) is 0.314. The van der Waals surface area contributed by atoms with Crippen molar-refractivity contribution in [1.82, 2.24) is 4.72 Å². The molecule has 2 N–H and O–H groups in total. The number of anilines is 1. The van der Waals surface area contributed by atoms with E-state index in [1.54, 1.807) is 12.1 Å². The molecular formula is C13H17ClN2O3S. The molecule has 0 atom stereocenters. The van der Waals surface area contributed by atoms with E-state index in [1.807, 2.05) is 0 Å². The monoisotopic (exact) mass is 316 g/mol. The lowest BCUT2D eigenvalue weighted by Gasteiger charge is -2.07. The third kappa shape index (κ3) is 4.47. The van der Waals surface area contributed by atoms with Gasteiger partial charge in [-0.25, -0.2) is 13.1 Å². The number of alkyl halides is 1. The largest absolute Gasteiger partial charge is 0.326 e. The highest BCUT2D eigenvalue weighted by molar-refractivity contribution is 7.89. The van der Waals surface area contributed by atoms with Crippen LogP contribution in [0.5, 0.6) is 0 Å². The Bertz CT molecular complexity index is 568. The van der Waals surface area contributed by atoms with Crippen molar-refractivity contribution in [2.75, 3.05) is 11.2 Å². The van der Waals surface area contributed by atoms with Gasteiger partial charge >= 0.3 is 0 Å². The minimum Gasteiger partial charge on any atom is -0.326 e. The van der Waals surface area contributed by atoms with Crippen LogP contribution < -0.4 is 10.0 Å². The molecule has 1 aromatic rings. The lowest BCUT2D eigenvalue weighted by molar-refractivity contribution is -0.116. The Morgan fingerprint density at radius 1 is 1.25 bits per heavy atom. The van der Waals surface area contributed by atoms with Crippen molar-refractivity contribution in [3.05, 3.63) is 24.3 Å². The van der Waals surface area contributed by atoms with E-state index in [1.165, 1.54) is 12.1 Å². The van der Waals surface area contributed by atoms with E-state index < -0.39 is 10.0 Å². The molecule has 1 amide bonds. The molecule has 0 bridgehead atoms. The smallest absolute Gasteiger partial charge is 0.240 e. The number of halogens is 1. The fourth-order valence-electron chi connectivity index (χ4n) is 1.66. The summed E-state index contributed by atoms with van der Waals surface area (Å²) < 4.78 is 26.5. The molecule has 1 aliphatic carbocycles. The van der Waals surface area contributed by atoms with Gasteiger partial charge in [0.25, 0.3) is 0 Å². The third-order valence-electron chi connectivity index (χ3n) is 2.89. The van der Waals surface area contributed by atoms with Gasteiger partial charge in [0.2, 0.25) is 15.9 Å². The van der Waals surface area contributed by atoms with Gasteiger partial charge in [-0.15, -0.1) is 11.6 Å². The molecule has 0 heterocycles. The molecule has 0 aromatic heterocycles. The van der Waals surface area contributed by atoms with Gasteiger partial charge in [0.05, 0.1) is 4.90 Å². The Balaban J connectivity index is 1.97. The highest BCUT2D eigenvalue weighted by Crippen LogP contribution is 2.22. The van der Waals surface area contributed by atoms with Gasteiger partial charge in [-0.2, -0.15) is 0 Å². The Morgan fingerprint density at radius 2 is 1.90 bits per heavy atom. The van der Waals surface area contributed by atoms with Gasteiger partial charge < -0.3 is 5.32 Å². The van der Waals surface area contributed by atoms with Crippen molar-refractivity contribution in [2.45, 2.75) is 36.6 Å². The van der Waals surface area contributed by atoms with E-state index in [9.17, 15) is 13.2 Å². The van der Waals surface area contributed by atoms with Crippen LogP contribution in [0.3, 0.4) is 0 Å². The first-order valence-electron chi connectivity index (χ1n) is 6.49. The zero-order valence-corrected chi connectivity index (χ0v) is 12.5. The molecule has 0 aliphatic heterocycles. The number of nitrogens with one attached hydrogen (secondary N) is 2. The summed E-state index contributed by atoms with van der Waals surface area (Å²) in [5, 5.41) is 2.70. The second-order valence-electron chi connectivity index (χ2n) is 4.76. The average Bonchev–Trinajstić information content (AvgIpc) is 3.20. The van der Waals surface area contributed by atoms with Gasteiger partial charge in [0, 0.05) is 24.0 Å². The maximum atomic E-state index is 11.9. The highest BCUT2D eigenvalue weighted by atomic mass is 35.5. The van der Waals surface area contributed by atoms with Gasteiger partial charge in [-0.1, -0.05) is 0 Å². The minimum atomic E-state index is -3.44. The molecule has 1 aromatic carbocycles. The average molecular weight is 317 g/mol. The Labute approximate surface area is 123 Å². The Morgan fingerprint density at radius 3 is 2.45 bits per heavy atom. The van der Waals surface area contributed by atoms with Crippen LogP contribution in [0.15, 0.2) is 29.2 Å². The molecule has 1 aliphatic rings. The number of sulfonamides is 1. The fraction of sp³-hybridized carbons (Fsp3) is 0.462. The lowest BCUT2D eigenvalue weighted by atomic mass is 10.3. The summed E-state index contributed by atoms with van der Waals surface area (Å²) >= 11 is 5.51. The number of rotatable bonds is 7. The van der Waals surface area contributed by atoms with E-state index in [0.29, 0.717) is 24.4 Å². The van der Waals surface area contributed by atoms with E-state index in [2.05, 4.69) is 10.0 Å². The summed E-state index contributed by atoms with van der Waals surface area (Å²) in [6.07, 6.45) is 2.76. The summed E-state index contributed by atoms with van der Waals surface area (Å²) in [6, 6.07) is 6.22. The molecular weight excluding hydrogens is 300 g/mol. The SMILES string of the molecule is O=C(CCCCl)Nc1ccc(S(=O)(=O)NC2CC2)cc1. The van der Waals surface area contributed by atoms with E-state index in [-0.39, 0.29) is 16.8 Å². The fourth-order valence-corrected chi connectivity index (χ4v) is 3.10. The number of carbonyl (C=O) groups is 1. The van der Waals surface area contributed by atoms with Crippen LogP contribution in [0.2, 0.25) is 0 Å². The van der Waals surface area contributed by atoms with E-state index in [4.69, 9.17) is 11.6 Å². The number of hydrogen-bond acceptors (Lipinski definition) is 3. The number of carbonyl (C=O) groups excluding carboxylic acids is 1. The van der Waals surface area contributed by atoms with Crippen LogP contribution >= 0.6 is 11.6 Å². The van der Waals surface area contributed by atoms with Crippen molar-refractivity contribution in [3.8, 4) is 0 Å². The zero-order chi connectivity index (χ0) is 14.6. The normalized spacial score (nSPS) is 15.1. The van der Waals surface area contributed by atoms with Crippen molar-refractivity contribution < 1.29 is 13.2 Å². The Kier molecular flexibility index (Phi) is 5.01. The van der Waals surface area contributed by atoms with Crippen molar-refractivity contribution >= 4 is 33.2 Å². The minimum absolute atomic E-state index is 0.0786. The molecule has 110 valence electrons. The highest BCUT2D eigenvalue weighted by Gasteiger charge is 2.27. The molecule has 0 saturated heterocycles. The molecule has 0 radical (unpaired) electrons. The number of amides is 1. The lowest BCUT2D eigenvalue weighted by Crippen LogP contribution is -2.25. The second kappa shape index (κ2) is 6.56. The van der Waals surface area contributed by atoms with Gasteiger partial charge in [-0.3, -0.25) is 4.79 Å². The molecule has 1 saturated carbocycles. The van der Waals surface area contributed by atoms with Crippen LogP contribution in [-0.2, 0) is 14.8 Å². The van der Waals surface area contributed by atoms with Crippen LogP contribution in [-0.4, -0.2) is 26.2 Å². The van der Waals surface area contributed by atoms with E-state index in [0.717, 1.165) is 12.8 Å². The molecule has 7 heteroatoms. The first-order chi connectivity index (χ1) is 9.51. The van der Waals surface area contributed by atoms with Crippen LogP contribution in [0.1, 0.15) is 25.7 Å². The quantitative estimate of drug-likeness (QED) is 0.756. The van der Waals surface area contributed by atoms with Crippen molar-refractivity contribution in [2.24, 2.45) is 0 Å². The number of hydrogen-bond donors (Lipinski definition) is 2. The maximum absolute atomic E-state index is 11.9. The first-order valence-corrected chi connectivity index (χ1v) is 8.51. The molecule has 20 heavy (non-hydrogen) atoms. The zero-order valence-electron chi connectivity index (χ0n) is 10.9. The van der Waals surface area contributed by atoms with Gasteiger partial charge in [-0.05, 0) is 43.5 Å². The molecule has 2 rings (SSSR count). The topological polar surface area (TPSA) is 75.3 Å². The van der Waals surface area contributed by atoms with Crippen molar-refractivity contribution in [1.29, 1.82) is 0 Å².